The number of hydrogen-bond acceptors (Lipinski definition) is 5. The van der Waals surface area contributed by atoms with Crippen molar-refractivity contribution in [2.45, 2.75) is 32.4 Å². The summed E-state index contributed by atoms with van der Waals surface area (Å²) >= 11 is 0. The molecule has 2 N–H and O–H groups in total. The second-order valence-electron chi connectivity index (χ2n) is 5.14. The molecule has 0 radical (unpaired) electrons. The van der Waals surface area contributed by atoms with Crippen LogP contribution in [-0.4, -0.2) is 29.3 Å². The number of nitrogens with one attached hydrogen (secondary N) is 2. The number of aromatic nitrogens is 2. The van der Waals surface area contributed by atoms with Gasteiger partial charge in [-0.15, -0.1) is 0 Å². The molecule has 1 aromatic heterocycles. The molecule has 3 rings (SSSR count). The van der Waals surface area contributed by atoms with Gasteiger partial charge in [0.1, 0.15) is 5.82 Å². The minimum atomic E-state index is -0.472. The lowest BCUT2D eigenvalue weighted by Crippen LogP contribution is -2.30. The first-order valence-electron chi connectivity index (χ1n) is 6.81. The lowest BCUT2D eigenvalue weighted by molar-refractivity contribution is 0.107. The van der Waals surface area contributed by atoms with Crippen LogP contribution in [0.4, 0.5) is 4.79 Å². The predicted molar refractivity (Wildman–Crippen MR) is 69.1 cm³/mol. The zero-order valence-corrected chi connectivity index (χ0v) is 11.1. The highest BCUT2D eigenvalue weighted by Gasteiger charge is 2.23. The number of nitrogens with zero attached hydrogens (tertiary/aromatic N) is 1. The normalized spacial score (nSPS) is 17.4. The number of carbonyl (C=O) groups excluding carboxylic acids is 1. The molecule has 1 amide bonds. The van der Waals surface area contributed by atoms with Crippen LogP contribution >= 0.6 is 0 Å². The molecule has 0 saturated heterocycles. The number of alkyl carbamates (subject to hydrolysis) is 1. The Morgan fingerprint density at radius 2 is 2.35 bits per heavy atom. The van der Waals surface area contributed by atoms with Crippen molar-refractivity contribution in [3.63, 3.8) is 0 Å². The highest BCUT2D eigenvalue weighted by atomic mass is 16.5. The number of H-pyrrole nitrogens is 1. The third-order valence-electron chi connectivity index (χ3n) is 3.43. The van der Waals surface area contributed by atoms with Gasteiger partial charge in [-0.25, -0.2) is 9.78 Å². The fourth-order valence-electron chi connectivity index (χ4n) is 2.06. The quantitative estimate of drug-likeness (QED) is 0.836. The average Bonchev–Trinajstić information content (AvgIpc) is 3.27. The number of aromatic amines is 1. The molecule has 108 valence electrons. The molecule has 2 aliphatic rings. The first-order valence-corrected chi connectivity index (χ1v) is 6.81. The Morgan fingerprint density at radius 1 is 1.50 bits per heavy atom. The maximum Gasteiger partial charge on any atom is 0.407 e. The van der Waals surface area contributed by atoms with Crippen LogP contribution in [-0.2, 0) is 29.0 Å². The summed E-state index contributed by atoms with van der Waals surface area (Å²) in [6.07, 6.45) is 2.42. The summed E-state index contributed by atoms with van der Waals surface area (Å²) in [4.78, 5) is 30.3. The van der Waals surface area contributed by atoms with Crippen LogP contribution in [0.5, 0.6) is 0 Å². The van der Waals surface area contributed by atoms with Crippen LogP contribution in [0.15, 0.2) is 4.79 Å². The van der Waals surface area contributed by atoms with E-state index in [2.05, 4.69) is 15.3 Å². The van der Waals surface area contributed by atoms with Gasteiger partial charge in [-0.2, -0.15) is 0 Å². The van der Waals surface area contributed by atoms with Crippen molar-refractivity contribution in [1.29, 1.82) is 0 Å². The largest absolute Gasteiger partial charge is 0.449 e. The van der Waals surface area contributed by atoms with E-state index in [0.717, 1.165) is 18.5 Å². The van der Waals surface area contributed by atoms with Crippen LogP contribution in [0.1, 0.15) is 29.9 Å². The summed E-state index contributed by atoms with van der Waals surface area (Å²) in [5, 5.41) is 2.59. The van der Waals surface area contributed by atoms with Crippen molar-refractivity contribution in [3.05, 3.63) is 27.4 Å². The Bertz CT molecular complexity index is 565. The van der Waals surface area contributed by atoms with E-state index in [0.29, 0.717) is 43.5 Å². The van der Waals surface area contributed by atoms with Gasteiger partial charge in [-0.05, 0) is 18.8 Å². The Hall–Kier alpha value is -1.89. The lowest BCUT2D eigenvalue weighted by Gasteiger charge is -2.15. The molecule has 1 fully saturated rings. The third kappa shape index (κ3) is 3.16. The van der Waals surface area contributed by atoms with Crippen LogP contribution in [0.2, 0.25) is 0 Å². The molecule has 1 saturated carbocycles. The van der Waals surface area contributed by atoms with E-state index in [-0.39, 0.29) is 12.1 Å². The van der Waals surface area contributed by atoms with Gasteiger partial charge < -0.3 is 19.8 Å². The maximum atomic E-state index is 11.8. The molecule has 0 aromatic carbocycles. The summed E-state index contributed by atoms with van der Waals surface area (Å²) in [6, 6.07) is 0. The van der Waals surface area contributed by atoms with E-state index in [4.69, 9.17) is 9.47 Å². The van der Waals surface area contributed by atoms with Gasteiger partial charge in [-0.1, -0.05) is 0 Å². The van der Waals surface area contributed by atoms with Crippen LogP contribution < -0.4 is 10.9 Å². The van der Waals surface area contributed by atoms with Crippen molar-refractivity contribution in [1.82, 2.24) is 15.3 Å². The van der Waals surface area contributed by atoms with Crippen molar-refractivity contribution < 1.29 is 14.3 Å². The van der Waals surface area contributed by atoms with Gasteiger partial charge in [0.25, 0.3) is 5.56 Å². The van der Waals surface area contributed by atoms with Gasteiger partial charge in [0.05, 0.1) is 37.6 Å². The molecular weight excluding hydrogens is 262 g/mol. The maximum absolute atomic E-state index is 11.8. The van der Waals surface area contributed by atoms with E-state index in [1.165, 1.54) is 0 Å². The van der Waals surface area contributed by atoms with Gasteiger partial charge in [0.15, 0.2) is 0 Å². The number of rotatable bonds is 4. The van der Waals surface area contributed by atoms with E-state index in [9.17, 15) is 9.59 Å². The van der Waals surface area contributed by atoms with Crippen LogP contribution in [0.3, 0.4) is 0 Å². The molecule has 1 aliphatic carbocycles. The standard InChI is InChI=1S/C13H17N3O4/c17-12-9-7-19-4-3-10(9)15-11(16-12)5-14-13(18)20-6-8-1-2-8/h8H,1-7H2,(H,14,18)(H,15,16,17). The minimum Gasteiger partial charge on any atom is -0.449 e. The Labute approximate surface area is 115 Å². The molecule has 1 aromatic rings. The number of carbonyl (C=O) groups is 1. The molecule has 0 bridgehead atoms. The summed E-state index contributed by atoms with van der Waals surface area (Å²) in [7, 11) is 0. The number of amides is 1. The predicted octanol–water partition coefficient (Wildman–Crippen LogP) is 0.479. The van der Waals surface area contributed by atoms with Crippen molar-refractivity contribution in [3.8, 4) is 0 Å². The van der Waals surface area contributed by atoms with E-state index < -0.39 is 6.09 Å². The second kappa shape index (κ2) is 5.62. The van der Waals surface area contributed by atoms with E-state index >= 15 is 0 Å². The number of hydrogen-bond donors (Lipinski definition) is 2. The summed E-state index contributed by atoms with van der Waals surface area (Å²) in [6.45, 7) is 1.50. The summed E-state index contributed by atoms with van der Waals surface area (Å²) in [5.74, 6) is 0.974. The van der Waals surface area contributed by atoms with Crippen LogP contribution in [0.25, 0.3) is 0 Å². The molecule has 1 aliphatic heterocycles. The van der Waals surface area contributed by atoms with Gasteiger partial charge in [0, 0.05) is 6.42 Å². The first kappa shape index (κ1) is 13.1. The molecular formula is C13H17N3O4. The molecule has 20 heavy (non-hydrogen) atoms. The number of ether oxygens (including phenoxy) is 2. The van der Waals surface area contributed by atoms with Crippen molar-refractivity contribution in [2.24, 2.45) is 5.92 Å². The van der Waals surface area contributed by atoms with Gasteiger partial charge in [-0.3, -0.25) is 4.79 Å². The van der Waals surface area contributed by atoms with Gasteiger partial charge in [0.2, 0.25) is 0 Å². The van der Waals surface area contributed by atoms with Crippen molar-refractivity contribution >= 4 is 6.09 Å². The molecule has 2 heterocycles. The highest BCUT2D eigenvalue weighted by Crippen LogP contribution is 2.28. The monoisotopic (exact) mass is 279 g/mol. The summed E-state index contributed by atoms with van der Waals surface area (Å²) in [5.41, 5.74) is 1.14. The zero-order chi connectivity index (χ0) is 13.9. The van der Waals surface area contributed by atoms with E-state index in [1.54, 1.807) is 0 Å². The van der Waals surface area contributed by atoms with Crippen LogP contribution in [0, 0.1) is 5.92 Å². The summed E-state index contributed by atoms with van der Waals surface area (Å²) < 4.78 is 10.3. The Balaban J connectivity index is 1.58. The highest BCUT2D eigenvalue weighted by molar-refractivity contribution is 5.67. The molecule has 0 atom stereocenters. The third-order valence-corrected chi connectivity index (χ3v) is 3.43. The average molecular weight is 279 g/mol. The Morgan fingerprint density at radius 3 is 3.15 bits per heavy atom. The molecule has 0 unspecified atom stereocenters. The molecule has 0 spiro atoms. The zero-order valence-electron chi connectivity index (χ0n) is 11.1. The first-order chi connectivity index (χ1) is 9.72. The van der Waals surface area contributed by atoms with Gasteiger partial charge >= 0.3 is 6.09 Å². The number of fused-ring (bicyclic) bond motifs is 1. The lowest BCUT2D eigenvalue weighted by atomic mass is 10.1. The molecule has 7 nitrogen and oxygen atoms in total. The minimum absolute atomic E-state index is 0.160. The topological polar surface area (TPSA) is 93.3 Å². The van der Waals surface area contributed by atoms with E-state index in [1.807, 2.05) is 0 Å². The fourth-order valence-corrected chi connectivity index (χ4v) is 2.06. The molecule has 7 heteroatoms. The second-order valence-corrected chi connectivity index (χ2v) is 5.14. The smallest absolute Gasteiger partial charge is 0.407 e. The van der Waals surface area contributed by atoms with Crippen molar-refractivity contribution in [2.75, 3.05) is 13.2 Å². The SMILES string of the molecule is O=C(NCc1nc2c(c(=O)[nH]1)COCC2)OCC1CC1. The Kier molecular flexibility index (Phi) is 3.68. The fraction of sp³-hybridized carbons (Fsp3) is 0.615.